The number of rotatable bonds is 5. The van der Waals surface area contributed by atoms with Crippen LogP contribution in [-0.4, -0.2) is 54.7 Å². The van der Waals surface area contributed by atoms with Crippen LogP contribution in [0.15, 0.2) is 29.2 Å². The Kier molecular flexibility index (Phi) is 6.18. The molecular weight excluding hydrogens is 414 g/mol. The van der Waals surface area contributed by atoms with E-state index in [2.05, 4.69) is 10.3 Å². The number of carbonyl (C=O) groups excluding carboxylic acids is 2. The van der Waals surface area contributed by atoms with Crippen molar-refractivity contribution < 1.29 is 22.7 Å². The summed E-state index contributed by atoms with van der Waals surface area (Å²) >= 11 is 1.11. The number of morpholine rings is 1. The fourth-order valence-corrected chi connectivity index (χ4v) is 5.65. The first-order chi connectivity index (χ1) is 13.6. The van der Waals surface area contributed by atoms with Crippen molar-refractivity contribution >= 4 is 38.2 Å². The number of anilines is 1. The second kappa shape index (κ2) is 8.31. The first-order valence-electron chi connectivity index (χ1n) is 9.13. The minimum absolute atomic E-state index is 0.109. The standard InChI is InChI=1S/C19H23N3O5S2/c1-11-9-22(10-12(2)27-11)29(25,26)16-7-5-15(6-8-16)18(24)21-19-20-13(3)17(28-19)14(4)23/h5-8,11-12H,9-10H2,1-4H3,(H,20,21,24). The first kappa shape index (κ1) is 21.6. The van der Waals surface area contributed by atoms with Crippen LogP contribution >= 0.6 is 11.3 Å². The monoisotopic (exact) mass is 437 g/mol. The maximum atomic E-state index is 12.9. The summed E-state index contributed by atoms with van der Waals surface area (Å²) in [5.74, 6) is -0.534. The molecule has 1 amide bonds. The Balaban J connectivity index is 1.74. The second-order valence-corrected chi connectivity index (χ2v) is 9.98. The van der Waals surface area contributed by atoms with Gasteiger partial charge < -0.3 is 4.74 Å². The van der Waals surface area contributed by atoms with E-state index in [1.54, 1.807) is 6.92 Å². The average molecular weight is 438 g/mol. The third-order valence-electron chi connectivity index (χ3n) is 4.48. The van der Waals surface area contributed by atoms with E-state index in [0.717, 1.165) is 11.3 Å². The number of aryl methyl sites for hydroxylation is 1. The molecule has 1 aliphatic rings. The molecule has 1 aromatic carbocycles. The number of amides is 1. The molecule has 1 aliphatic heterocycles. The molecule has 0 spiro atoms. The van der Waals surface area contributed by atoms with Crippen LogP contribution in [0.2, 0.25) is 0 Å². The van der Waals surface area contributed by atoms with Gasteiger partial charge in [-0.15, -0.1) is 0 Å². The minimum atomic E-state index is -3.67. The van der Waals surface area contributed by atoms with Crippen LogP contribution in [0.4, 0.5) is 5.13 Å². The molecule has 0 radical (unpaired) electrons. The second-order valence-electron chi connectivity index (χ2n) is 7.05. The molecule has 10 heteroatoms. The normalized spacial score (nSPS) is 20.4. The molecule has 3 rings (SSSR count). The largest absolute Gasteiger partial charge is 0.373 e. The van der Waals surface area contributed by atoms with Gasteiger partial charge in [0, 0.05) is 25.6 Å². The van der Waals surface area contributed by atoms with Gasteiger partial charge in [-0.2, -0.15) is 4.31 Å². The molecule has 2 heterocycles. The highest BCUT2D eigenvalue weighted by molar-refractivity contribution is 7.89. The summed E-state index contributed by atoms with van der Waals surface area (Å²) in [6.45, 7) is 7.40. The van der Waals surface area contributed by atoms with Gasteiger partial charge in [0.05, 0.1) is 27.7 Å². The molecule has 2 atom stereocenters. The number of thiazole rings is 1. The fourth-order valence-electron chi connectivity index (χ4n) is 3.20. The van der Waals surface area contributed by atoms with Crippen molar-refractivity contribution in [3.8, 4) is 0 Å². The van der Waals surface area contributed by atoms with E-state index in [0.29, 0.717) is 21.3 Å². The van der Waals surface area contributed by atoms with Crippen LogP contribution in [0.5, 0.6) is 0 Å². The summed E-state index contributed by atoms with van der Waals surface area (Å²) in [5, 5.41) is 2.97. The van der Waals surface area contributed by atoms with Gasteiger partial charge in [0.25, 0.3) is 5.91 Å². The number of aromatic nitrogens is 1. The number of hydrogen-bond donors (Lipinski definition) is 1. The summed E-state index contributed by atoms with van der Waals surface area (Å²) in [4.78, 5) is 28.8. The lowest BCUT2D eigenvalue weighted by molar-refractivity contribution is -0.0440. The third kappa shape index (κ3) is 4.72. The lowest BCUT2D eigenvalue weighted by atomic mass is 10.2. The molecular formula is C19H23N3O5S2. The molecule has 29 heavy (non-hydrogen) atoms. The smallest absolute Gasteiger partial charge is 0.257 e. The van der Waals surface area contributed by atoms with Crippen molar-refractivity contribution in [1.82, 2.24) is 9.29 Å². The summed E-state index contributed by atoms with van der Waals surface area (Å²) in [6.07, 6.45) is -0.361. The zero-order valence-corrected chi connectivity index (χ0v) is 18.3. The van der Waals surface area contributed by atoms with Gasteiger partial charge in [-0.3, -0.25) is 14.9 Å². The molecule has 1 aromatic heterocycles. The Morgan fingerprint density at radius 2 is 1.76 bits per heavy atom. The Bertz CT molecular complexity index is 1020. The van der Waals surface area contributed by atoms with Gasteiger partial charge in [0.2, 0.25) is 10.0 Å². The average Bonchev–Trinajstić information content (AvgIpc) is 3.01. The van der Waals surface area contributed by atoms with Crippen LogP contribution in [0, 0.1) is 6.92 Å². The quantitative estimate of drug-likeness (QED) is 0.721. The number of ether oxygens (including phenoxy) is 1. The fraction of sp³-hybridized carbons (Fsp3) is 0.421. The van der Waals surface area contributed by atoms with Crippen molar-refractivity contribution in [1.29, 1.82) is 0 Å². The van der Waals surface area contributed by atoms with Gasteiger partial charge in [0.1, 0.15) is 0 Å². The molecule has 2 aromatic rings. The summed E-state index contributed by atoms with van der Waals surface area (Å²) in [7, 11) is -3.67. The highest BCUT2D eigenvalue weighted by atomic mass is 32.2. The highest BCUT2D eigenvalue weighted by Gasteiger charge is 2.32. The molecule has 0 saturated carbocycles. The minimum Gasteiger partial charge on any atom is -0.373 e. The van der Waals surface area contributed by atoms with E-state index in [-0.39, 0.29) is 36.0 Å². The van der Waals surface area contributed by atoms with E-state index >= 15 is 0 Å². The zero-order chi connectivity index (χ0) is 21.3. The van der Waals surface area contributed by atoms with Gasteiger partial charge in [-0.1, -0.05) is 11.3 Å². The van der Waals surface area contributed by atoms with E-state index < -0.39 is 15.9 Å². The molecule has 8 nitrogen and oxygen atoms in total. The summed E-state index contributed by atoms with van der Waals surface area (Å²) < 4.78 is 32.8. The number of benzene rings is 1. The maximum absolute atomic E-state index is 12.9. The summed E-state index contributed by atoms with van der Waals surface area (Å²) in [6, 6.07) is 5.76. The highest BCUT2D eigenvalue weighted by Crippen LogP contribution is 2.24. The van der Waals surface area contributed by atoms with E-state index in [4.69, 9.17) is 4.74 Å². The summed E-state index contributed by atoms with van der Waals surface area (Å²) in [5.41, 5.74) is 0.859. The van der Waals surface area contributed by atoms with Crippen LogP contribution in [0.25, 0.3) is 0 Å². The van der Waals surface area contributed by atoms with Gasteiger partial charge in [0.15, 0.2) is 10.9 Å². The number of carbonyl (C=O) groups is 2. The van der Waals surface area contributed by atoms with Crippen molar-refractivity contribution in [2.75, 3.05) is 18.4 Å². The number of hydrogen-bond acceptors (Lipinski definition) is 7. The predicted octanol–water partition coefficient (Wildman–Crippen LogP) is 2.70. The number of sulfonamides is 1. The van der Waals surface area contributed by atoms with Crippen LogP contribution in [0.3, 0.4) is 0 Å². The number of ketones is 1. The van der Waals surface area contributed by atoms with Crippen molar-refractivity contribution in [3.05, 3.63) is 40.4 Å². The van der Waals surface area contributed by atoms with Gasteiger partial charge >= 0.3 is 0 Å². The van der Waals surface area contributed by atoms with Crippen LogP contribution in [-0.2, 0) is 14.8 Å². The van der Waals surface area contributed by atoms with Crippen molar-refractivity contribution in [2.45, 2.75) is 44.8 Å². The number of nitrogens with one attached hydrogen (secondary N) is 1. The molecule has 156 valence electrons. The molecule has 1 fully saturated rings. The molecule has 2 unspecified atom stereocenters. The Morgan fingerprint density at radius 3 is 2.28 bits per heavy atom. The molecule has 0 bridgehead atoms. The Morgan fingerprint density at radius 1 is 1.17 bits per heavy atom. The lowest BCUT2D eigenvalue weighted by Crippen LogP contribution is -2.48. The molecule has 1 saturated heterocycles. The lowest BCUT2D eigenvalue weighted by Gasteiger charge is -2.34. The third-order valence-corrected chi connectivity index (χ3v) is 7.50. The van der Waals surface area contributed by atoms with E-state index in [1.165, 1.54) is 35.5 Å². The molecule has 1 N–H and O–H groups in total. The Hall–Kier alpha value is -2.14. The van der Waals surface area contributed by atoms with Crippen molar-refractivity contribution in [2.24, 2.45) is 0 Å². The SMILES string of the molecule is CC(=O)c1sc(NC(=O)c2ccc(S(=O)(=O)N3CC(C)OC(C)C3)cc2)nc1C. The van der Waals surface area contributed by atoms with Crippen LogP contribution in [0.1, 0.15) is 46.5 Å². The van der Waals surface area contributed by atoms with E-state index in [1.807, 2.05) is 13.8 Å². The maximum Gasteiger partial charge on any atom is 0.257 e. The number of nitrogens with zero attached hydrogens (tertiary/aromatic N) is 2. The van der Waals surface area contributed by atoms with Gasteiger partial charge in [-0.05, 0) is 45.0 Å². The molecule has 0 aliphatic carbocycles. The van der Waals surface area contributed by atoms with E-state index in [9.17, 15) is 18.0 Å². The Labute approximate surface area is 173 Å². The first-order valence-corrected chi connectivity index (χ1v) is 11.4. The topological polar surface area (TPSA) is 106 Å². The van der Waals surface area contributed by atoms with Crippen LogP contribution < -0.4 is 5.32 Å². The predicted molar refractivity (Wildman–Crippen MR) is 110 cm³/mol. The van der Waals surface area contributed by atoms with Crippen molar-refractivity contribution in [3.63, 3.8) is 0 Å². The van der Waals surface area contributed by atoms with Gasteiger partial charge in [-0.25, -0.2) is 13.4 Å². The zero-order valence-electron chi connectivity index (χ0n) is 16.6. The number of Topliss-reactive ketones (excluding diaryl/α,β-unsaturated/α-hetero) is 1.